The van der Waals surface area contributed by atoms with Gasteiger partial charge in [0.2, 0.25) is 0 Å². The molecule has 0 radical (unpaired) electrons. The van der Waals surface area contributed by atoms with Gasteiger partial charge in [-0.2, -0.15) is 5.10 Å². The summed E-state index contributed by atoms with van der Waals surface area (Å²) in [5, 5.41) is 5.25. The van der Waals surface area contributed by atoms with E-state index >= 15 is 0 Å². The minimum atomic E-state index is 0.267. The number of hydrogen-bond acceptors (Lipinski definition) is 5. The highest BCUT2D eigenvalue weighted by Gasteiger charge is 2.15. The molecule has 0 spiro atoms. The normalized spacial score (nSPS) is 16.9. The van der Waals surface area contributed by atoms with Gasteiger partial charge in [0.1, 0.15) is 0 Å². The number of amidine groups is 1. The molecule has 5 nitrogen and oxygen atoms in total. The molecule has 1 N–H and O–H groups in total. The third kappa shape index (κ3) is 3.45. The molecule has 1 aromatic carbocycles. The molecular weight excluding hydrogens is 274 g/mol. The molecule has 0 amide bonds. The summed E-state index contributed by atoms with van der Waals surface area (Å²) in [4.78, 5) is 4.44. The Morgan fingerprint density at radius 3 is 2.55 bits per heavy atom. The van der Waals surface area contributed by atoms with E-state index in [0.29, 0.717) is 5.75 Å². The number of rotatable bonds is 4. The van der Waals surface area contributed by atoms with E-state index in [1.54, 1.807) is 26.0 Å². The van der Waals surface area contributed by atoms with Gasteiger partial charge in [-0.25, -0.2) is 0 Å². The van der Waals surface area contributed by atoms with Crippen LogP contribution in [-0.4, -0.2) is 36.9 Å². The van der Waals surface area contributed by atoms with Crippen LogP contribution in [0.25, 0.3) is 0 Å². The molecule has 6 heteroatoms. The summed E-state index contributed by atoms with van der Waals surface area (Å²) in [6, 6.07) is 6.07. The van der Waals surface area contributed by atoms with Crippen molar-refractivity contribution in [1.82, 2.24) is 5.43 Å². The quantitative estimate of drug-likeness (QED) is 0.926. The van der Waals surface area contributed by atoms with Crippen molar-refractivity contribution in [3.05, 3.63) is 23.8 Å². The molecule has 108 valence electrons. The van der Waals surface area contributed by atoms with E-state index in [-0.39, 0.29) is 6.04 Å². The lowest BCUT2D eigenvalue weighted by molar-refractivity contribution is 0.355. The number of aliphatic imine (C=N–C) groups is 1. The first-order valence-electron chi connectivity index (χ1n) is 6.39. The van der Waals surface area contributed by atoms with Gasteiger partial charge in [-0.15, -0.1) is 0 Å². The number of nitrogens with zero attached hydrogens (tertiary/aromatic N) is 2. The Hall–Kier alpha value is -1.69. The van der Waals surface area contributed by atoms with Gasteiger partial charge in [-0.3, -0.25) is 10.4 Å². The van der Waals surface area contributed by atoms with E-state index in [4.69, 9.17) is 9.47 Å². The second-order valence-electron chi connectivity index (χ2n) is 4.56. The molecular formula is C14H19N3O2S. The van der Waals surface area contributed by atoms with Gasteiger partial charge in [0.25, 0.3) is 0 Å². The van der Waals surface area contributed by atoms with Crippen LogP contribution >= 0.6 is 11.8 Å². The lowest BCUT2D eigenvalue weighted by Crippen LogP contribution is -2.26. The van der Waals surface area contributed by atoms with E-state index in [1.807, 2.05) is 32.0 Å². The Bertz CT molecular complexity index is 541. The first-order valence-corrected chi connectivity index (χ1v) is 7.38. The molecule has 1 aliphatic rings. The third-order valence-corrected chi connectivity index (χ3v) is 3.61. The van der Waals surface area contributed by atoms with E-state index in [9.17, 15) is 0 Å². The second-order valence-corrected chi connectivity index (χ2v) is 5.52. The zero-order chi connectivity index (χ0) is 14.5. The molecule has 1 aromatic rings. The number of hydrogen-bond donors (Lipinski definition) is 1. The van der Waals surface area contributed by atoms with Crippen molar-refractivity contribution in [2.75, 3.05) is 20.0 Å². The fraction of sp³-hybridized carbons (Fsp3) is 0.429. The van der Waals surface area contributed by atoms with Crippen LogP contribution in [0.5, 0.6) is 11.5 Å². The topological polar surface area (TPSA) is 55.2 Å². The Labute approximate surface area is 123 Å². The number of benzene rings is 1. The molecule has 0 atom stereocenters. The SMILES string of the molecule is COc1ccc(C2=NNC(=NC(C)C)SC2)cc1OC. The van der Waals surface area contributed by atoms with Crippen LogP contribution in [0.15, 0.2) is 28.3 Å². The highest BCUT2D eigenvalue weighted by molar-refractivity contribution is 8.14. The van der Waals surface area contributed by atoms with Crippen LogP contribution in [-0.2, 0) is 0 Å². The van der Waals surface area contributed by atoms with Gasteiger partial charge < -0.3 is 9.47 Å². The maximum Gasteiger partial charge on any atom is 0.177 e. The van der Waals surface area contributed by atoms with Crippen molar-refractivity contribution in [3.63, 3.8) is 0 Å². The Morgan fingerprint density at radius 2 is 2.00 bits per heavy atom. The molecule has 20 heavy (non-hydrogen) atoms. The van der Waals surface area contributed by atoms with E-state index < -0.39 is 0 Å². The predicted octanol–water partition coefficient (Wildman–Crippen LogP) is 2.51. The lowest BCUT2D eigenvalue weighted by Gasteiger charge is -2.16. The molecule has 0 bridgehead atoms. The highest BCUT2D eigenvalue weighted by atomic mass is 32.2. The van der Waals surface area contributed by atoms with Gasteiger partial charge in [0.15, 0.2) is 16.7 Å². The van der Waals surface area contributed by atoms with Crippen LogP contribution in [0.1, 0.15) is 19.4 Å². The average molecular weight is 293 g/mol. The van der Waals surface area contributed by atoms with Gasteiger partial charge in [0.05, 0.1) is 19.9 Å². The molecule has 0 saturated carbocycles. The average Bonchev–Trinajstić information content (AvgIpc) is 2.46. The van der Waals surface area contributed by atoms with Crippen LogP contribution in [0.2, 0.25) is 0 Å². The Kier molecular flexibility index (Phi) is 4.89. The van der Waals surface area contributed by atoms with E-state index in [1.165, 1.54) is 0 Å². The van der Waals surface area contributed by atoms with Crippen LogP contribution in [0, 0.1) is 0 Å². The first kappa shape index (κ1) is 14.7. The second kappa shape index (κ2) is 6.65. The number of methoxy groups -OCH3 is 2. The maximum atomic E-state index is 5.31. The summed E-state index contributed by atoms with van der Waals surface area (Å²) in [6.45, 7) is 4.09. The number of nitrogens with one attached hydrogen (secondary N) is 1. The molecule has 2 rings (SSSR count). The zero-order valence-electron chi connectivity index (χ0n) is 12.1. The molecule has 0 aliphatic carbocycles. The summed E-state index contributed by atoms with van der Waals surface area (Å²) >= 11 is 1.65. The maximum absolute atomic E-state index is 5.31. The molecule has 0 unspecified atom stereocenters. The summed E-state index contributed by atoms with van der Waals surface area (Å²) < 4.78 is 10.5. The van der Waals surface area contributed by atoms with Crippen molar-refractivity contribution < 1.29 is 9.47 Å². The Balaban J connectivity index is 2.19. The minimum Gasteiger partial charge on any atom is -0.493 e. The number of ether oxygens (including phenoxy) is 2. The van der Waals surface area contributed by atoms with Crippen LogP contribution < -0.4 is 14.9 Å². The smallest absolute Gasteiger partial charge is 0.177 e. The van der Waals surface area contributed by atoms with Gasteiger partial charge in [-0.05, 0) is 32.0 Å². The van der Waals surface area contributed by atoms with Crippen molar-refractivity contribution in [3.8, 4) is 11.5 Å². The largest absolute Gasteiger partial charge is 0.493 e. The molecule has 0 aromatic heterocycles. The molecule has 0 fully saturated rings. The third-order valence-electron chi connectivity index (χ3n) is 2.72. The molecule has 0 saturated heterocycles. The van der Waals surface area contributed by atoms with Crippen molar-refractivity contribution in [2.24, 2.45) is 10.1 Å². The molecule has 1 aliphatic heterocycles. The standard InChI is InChI=1S/C14H19N3O2S/c1-9(2)15-14-17-16-11(8-20-14)10-5-6-12(18-3)13(7-10)19-4/h5-7,9H,8H2,1-4H3,(H,15,17). The van der Waals surface area contributed by atoms with Crippen molar-refractivity contribution in [1.29, 1.82) is 0 Å². The monoisotopic (exact) mass is 293 g/mol. The Morgan fingerprint density at radius 1 is 1.25 bits per heavy atom. The number of thioether (sulfide) groups is 1. The lowest BCUT2D eigenvalue weighted by atomic mass is 10.1. The predicted molar refractivity (Wildman–Crippen MR) is 84.2 cm³/mol. The van der Waals surface area contributed by atoms with Crippen molar-refractivity contribution >= 4 is 22.6 Å². The van der Waals surface area contributed by atoms with Gasteiger partial charge in [-0.1, -0.05) is 11.8 Å². The van der Waals surface area contributed by atoms with E-state index in [2.05, 4.69) is 15.5 Å². The van der Waals surface area contributed by atoms with Gasteiger partial charge >= 0.3 is 0 Å². The van der Waals surface area contributed by atoms with Crippen LogP contribution in [0.4, 0.5) is 0 Å². The minimum absolute atomic E-state index is 0.267. The zero-order valence-corrected chi connectivity index (χ0v) is 13.0. The first-order chi connectivity index (χ1) is 9.63. The highest BCUT2D eigenvalue weighted by Crippen LogP contribution is 2.28. The van der Waals surface area contributed by atoms with E-state index in [0.717, 1.165) is 27.9 Å². The summed E-state index contributed by atoms with van der Waals surface area (Å²) in [6.07, 6.45) is 0. The van der Waals surface area contributed by atoms with Gasteiger partial charge in [0, 0.05) is 17.4 Å². The summed E-state index contributed by atoms with van der Waals surface area (Å²) in [7, 11) is 3.26. The van der Waals surface area contributed by atoms with Crippen molar-refractivity contribution in [2.45, 2.75) is 19.9 Å². The summed E-state index contributed by atoms with van der Waals surface area (Å²) in [5.74, 6) is 2.21. The fourth-order valence-electron chi connectivity index (χ4n) is 1.78. The fourth-order valence-corrected chi connectivity index (χ4v) is 2.68. The van der Waals surface area contributed by atoms with Crippen LogP contribution in [0.3, 0.4) is 0 Å². The number of hydrazone groups is 1. The summed E-state index contributed by atoms with van der Waals surface area (Å²) in [5.41, 5.74) is 4.98. The molecule has 1 heterocycles.